The van der Waals surface area contributed by atoms with Gasteiger partial charge in [-0.15, -0.1) is 0 Å². The van der Waals surface area contributed by atoms with Crippen LogP contribution in [0.5, 0.6) is 5.75 Å². The van der Waals surface area contributed by atoms with Crippen LogP contribution in [0.1, 0.15) is 38.4 Å². The van der Waals surface area contributed by atoms with E-state index in [1.165, 1.54) is 0 Å². The van der Waals surface area contributed by atoms with Gasteiger partial charge in [-0.2, -0.15) is 0 Å². The third-order valence-electron chi connectivity index (χ3n) is 3.21. The van der Waals surface area contributed by atoms with Crippen LogP contribution < -0.4 is 10.1 Å². The van der Waals surface area contributed by atoms with Crippen LogP contribution in [0.4, 0.5) is 0 Å². The standard InChI is InChI=1S/C15H22N2O2/c1-3-9-17-14(18)11-16-15(17)12-5-7-13(8-6-12)19-10-4-2/h5-8,15-16H,3-4,9-11H2,1-2H3. The van der Waals surface area contributed by atoms with Crippen molar-refractivity contribution in [1.82, 2.24) is 10.2 Å². The molecule has 0 spiro atoms. The Balaban J connectivity index is 2.06. The van der Waals surface area contributed by atoms with E-state index in [0.29, 0.717) is 6.54 Å². The molecule has 1 aromatic rings. The lowest BCUT2D eigenvalue weighted by Crippen LogP contribution is -2.30. The van der Waals surface area contributed by atoms with Crippen molar-refractivity contribution in [3.63, 3.8) is 0 Å². The molecule has 104 valence electrons. The van der Waals surface area contributed by atoms with Gasteiger partial charge in [0.15, 0.2) is 0 Å². The van der Waals surface area contributed by atoms with Crippen molar-refractivity contribution < 1.29 is 9.53 Å². The van der Waals surface area contributed by atoms with Crippen molar-refractivity contribution in [1.29, 1.82) is 0 Å². The molecule has 1 heterocycles. The minimum Gasteiger partial charge on any atom is -0.494 e. The monoisotopic (exact) mass is 262 g/mol. The zero-order valence-corrected chi connectivity index (χ0v) is 11.7. The highest BCUT2D eigenvalue weighted by atomic mass is 16.5. The Labute approximate surface area is 114 Å². The van der Waals surface area contributed by atoms with E-state index in [9.17, 15) is 4.79 Å². The van der Waals surface area contributed by atoms with Gasteiger partial charge in [0.25, 0.3) is 0 Å². The van der Waals surface area contributed by atoms with E-state index < -0.39 is 0 Å². The Morgan fingerprint density at radius 1 is 1.26 bits per heavy atom. The lowest BCUT2D eigenvalue weighted by Gasteiger charge is -2.24. The molecule has 1 unspecified atom stereocenters. The molecule has 0 aliphatic carbocycles. The van der Waals surface area contributed by atoms with Crippen molar-refractivity contribution in [2.45, 2.75) is 32.9 Å². The SMILES string of the molecule is CCCOc1ccc(C2NCC(=O)N2CCC)cc1. The number of nitrogens with zero attached hydrogens (tertiary/aromatic N) is 1. The Bertz CT molecular complexity index is 417. The van der Waals surface area contributed by atoms with Crippen LogP contribution in [0.3, 0.4) is 0 Å². The molecule has 1 aliphatic heterocycles. The van der Waals surface area contributed by atoms with Crippen molar-refractivity contribution in [3.8, 4) is 5.75 Å². The van der Waals surface area contributed by atoms with Gasteiger partial charge in [0.2, 0.25) is 5.91 Å². The van der Waals surface area contributed by atoms with Crippen LogP contribution in [0.15, 0.2) is 24.3 Å². The van der Waals surface area contributed by atoms with E-state index in [1.54, 1.807) is 0 Å². The minimum atomic E-state index is 0.00711. The molecule has 0 radical (unpaired) electrons. The highest BCUT2D eigenvalue weighted by Crippen LogP contribution is 2.24. The summed E-state index contributed by atoms with van der Waals surface area (Å²) in [4.78, 5) is 13.7. The quantitative estimate of drug-likeness (QED) is 0.855. The largest absolute Gasteiger partial charge is 0.494 e. The lowest BCUT2D eigenvalue weighted by atomic mass is 10.1. The van der Waals surface area contributed by atoms with Gasteiger partial charge >= 0.3 is 0 Å². The molecule has 4 heteroatoms. The Morgan fingerprint density at radius 3 is 2.63 bits per heavy atom. The zero-order valence-electron chi connectivity index (χ0n) is 11.7. The molecule has 1 saturated heterocycles. The van der Waals surface area contributed by atoms with Gasteiger partial charge in [0.1, 0.15) is 11.9 Å². The van der Waals surface area contributed by atoms with Gasteiger partial charge in [-0.3, -0.25) is 10.1 Å². The van der Waals surface area contributed by atoms with Crippen LogP contribution in [0.25, 0.3) is 0 Å². The number of nitrogens with one attached hydrogen (secondary N) is 1. The summed E-state index contributed by atoms with van der Waals surface area (Å²) in [6, 6.07) is 8.01. The second-order valence-corrected chi connectivity index (χ2v) is 4.79. The van der Waals surface area contributed by atoms with Crippen LogP contribution in [0, 0.1) is 0 Å². The molecule has 1 aliphatic rings. The second kappa shape index (κ2) is 6.57. The first kappa shape index (κ1) is 13.9. The van der Waals surface area contributed by atoms with Crippen molar-refractivity contribution >= 4 is 5.91 Å². The average Bonchev–Trinajstić information content (AvgIpc) is 2.79. The van der Waals surface area contributed by atoms with Crippen molar-refractivity contribution in [3.05, 3.63) is 29.8 Å². The van der Waals surface area contributed by atoms with Gasteiger partial charge in [-0.25, -0.2) is 0 Å². The number of carbonyl (C=O) groups excluding carboxylic acids is 1. The highest BCUT2D eigenvalue weighted by molar-refractivity contribution is 5.80. The number of benzene rings is 1. The molecular weight excluding hydrogens is 240 g/mol. The predicted octanol–water partition coefficient (Wildman–Crippen LogP) is 2.32. The maximum Gasteiger partial charge on any atom is 0.238 e. The molecular formula is C15H22N2O2. The number of amides is 1. The number of ether oxygens (including phenoxy) is 1. The van der Waals surface area contributed by atoms with E-state index >= 15 is 0 Å². The molecule has 1 amide bonds. The van der Waals surface area contributed by atoms with Crippen LogP contribution in [-0.2, 0) is 4.79 Å². The summed E-state index contributed by atoms with van der Waals surface area (Å²) in [6.07, 6.45) is 1.99. The van der Waals surface area contributed by atoms with Crippen LogP contribution in [0.2, 0.25) is 0 Å². The lowest BCUT2D eigenvalue weighted by molar-refractivity contribution is -0.128. The number of hydrogen-bond acceptors (Lipinski definition) is 3. The molecule has 0 aromatic heterocycles. The van der Waals surface area contributed by atoms with E-state index in [4.69, 9.17) is 4.74 Å². The smallest absolute Gasteiger partial charge is 0.238 e. The Kier molecular flexibility index (Phi) is 4.80. The number of carbonyl (C=O) groups is 1. The Morgan fingerprint density at radius 2 is 2.00 bits per heavy atom. The van der Waals surface area contributed by atoms with Gasteiger partial charge in [0.05, 0.1) is 13.2 Å². The molecule has 19 heavy (non-hydrogen) atoms. The van der Waals surface area contributed by atoms with Gasteiger partial charge in [-0.05, 0) is 30.5 Å². The first-order valence-electron chi connectivity index (χ1n) is 7.01. The molecule has 1 aromatic carbocycles. The fourth-order valence-corrected chi connectivity index (χ4v) is 2.30. The van der Waals surface area contributed by atoms with Gasteiger partial charge in [-0.1, -0.05) is 26.0 Å². The third kappa shape index (κ3) is 3.26. The fraction of sp³-hybridized carbons (Fsp3) is 0.533. The molecule has 1 N–H and O–H groups in total. The van der Waals surface area contributed by atoms with Gasteiger partial charge in [0, 0.05) is 6.54 Å². The maximum atomic E-state index is 11.8. The molecule has 4 nitrogen and oxygen atoms in total. The summed E-state index contributed by atoms with van der Waals surface area (Å²) in [7, 11) is 0. The molecule has 1 atom stereocenters. The molecule has 1 fully saturated rings. The maximum absolute atomic E-state index is 11.8. The molecule has 2 rings (SSSR count). The summed E-state index contributed by atoms with van der Waals surface area (Å²) >= 11 is 0. The highest BCUT2D eigenvalue weighted by Gasteiger charge is 2.30. The predicted molar refractivity (Wildman–Crippen MR) is 75.0 cm³/mol. The summed E-state index contributed by atoms with van der Waals surface area (Å²) in [5, 5.41) is 3.26. The van der Waals surface area contributed by atoms with Gasteiger partial charge < -0.3 is 9.64 Å². The number of rotatable bonds is 6. The first-order chi connectivity index (χ1) is 9.26. The summed E-state index contributed by atoms with van der Waals surface area (Å²) in [6.45, 7) is 6.14. The first-order valence-corrected chi connectivity index (χ1v) is 7.01. The van der Waals surface area contributed by atoms with E-state index in [2.05, 4.69) is 19.2 Å². The second-order valence-electron chi connectivity index (χ2n) is 4.79. The summed E-state index contributed by atoms with van der Waals surface area (Å²) in [5.74, 6) is 1.06. The summed E-state index contributed by atoms with van der Waals surface area (Å²) in [5.41, 5.74) is 1.11. The fourth-order valence-electron chi connectivity index (χ4n) is 2.30. The molecule has 0 bridgehead atoms. The zero-order chi connectivity index (χ0) is 13.7. The van der Waals surface area contributed by atoms with E-state index in [-0.39, 0.29) is 12.1 Å². The topological polar surface area (TPSA) is 41.6 Å². The van der Waals surface area contributed by atoms with Crippen molar-refractivity contribution in [2.24, 2.45) is 0 Å². The average molecular weight is 262 g/mol. The van der Waals surface area contributed by atoms with Crippen LogP contribution >= 0.6 is 0 Å². The normalized spacial score (nSPS) is 18.9. The Hall–Kier alpha value is -1.55. The summed E-state index contributed by atoms with van der Waals surface area (Å²) < 4.78 is 5.57. The minimum absolute atomic E-state index is 0.00711. The number of hydrogen-bond donors (Lipinski definition) is 1. The van der Waals surface area contributed by atoms with Crippen LogP contribution in [-0.4, -0.2) is 30.5 Å². The van der Waals surface area contributed by atoms with E-state index in [0.717, 1.165) is 37.3 Å². The molecule has 0 saturated carbocycles. The van der Waals surface area contributed by atoms with Crippen molar-refractivity contribution in [2.75, 3.05) is 19.7 Å². The van der Waals surface area contributed by atoms with E-state index in [1.807, 2.05) is 29.2 Å². The third-order valence-corrected chi connectivity index (χ3v) is 3.21.